The van der Waals surface area contributed by atoms with Crippen LogP contribution in [0, 0.1) is 0 Å². The summed E-state index contributed by atoms with van der Waals surface area (Å²) >= 11 is 0. The molecule has 1 aliphatic heterocycles. The highest BCUT2D eigenvalue weighted by molar-refractivity contribution is 6.15. The highest BCUT2D eigenvalue weighted by Gasteiger charge is 2.41. The van der Waals surface area contributed by atoms with Crippen LogP contribution in [0.2, 0.25) is 0 Å². The van der Waals surface area contributed by atoms with Gasteiger partial charge in [-0.25, -0.2) is 29.9 Å². The number of rotatable bonds is 8. The maximum Gasteiger partial charge on any atom is 0.179 e. The van der Waals surface area contributed by atoms with Crippen molar-refractivity contribution in [1.82, 2.24) is 34.5 Å². The summed E-state index contributed by atoms with van der Waals surface area (Å²) < 4.78 is 2.31. The summed E-state index contributed by atoms with van der Waals surface area (Å²) in [4.78, 5) is 34.0. The van der Waals surface area contributed by atoms with Gasteiger partial charge < -0.3 is 4.90 Å². The van der Waals surface area contributed by atoms with Gasteiger partial charge in [-0.15, -0.1) is 0 Å². The van der Waals surface area contributed by atoms with Crippen molar-refractivity contribution in [3.05, 3.63) is 236 Å². The summed E-state index contributed by atoms with van der Waals surface area (Å²) in [5.74, 6) is 2.76. The SMILES string of the molecule is C1=CC2c3ccc4c5ccccc5n(-c5cccc(-c6nc(-c7ccccc7)cc(-c7ccccc7)n6)n5)c4c3N(c3cccc(-c4nc(-c5ccccc5)cc(-c5ccccc5)n4)n3)C2C=C1. The third kappa shape index (κ3) is 6.77. The molecule has 0 saturated carbocycles. The van der Waals surface area contributed by atoms with Gasteiger partial charge in [0.1, 0.15) is 23.0 Å². The van der Waals surface area contributed by atoms with Crippen LogP contribution in [0.5, 0.6) is 0 Å². The number of pyridine rings is 2. The van der Waals surface area contributed by atoms with Gasteiger partial charge in [0.2, 0.25) is 0 Å². The number of nitrogens with zero attached hydrogens (tertiary/aromatic N) is 8. The van der Waals surface area contributed by atoms with Gasteiger partial charge in [0.05, 0.1) is 45.5 Å². The fourth-order valence-electron chi connectivity index (χ4n) is 9.87. The first-order valence-corrected chi connectivity index (χ1v) is 22.9. The maximum atomic E-state index is 5.47. The Bertz CT molecular complexity index is 3640. The van der Waals surface area contributed by atoms with Crippen molar-refractivity contribution in [2.75, 3.05) is 4.90 Å². The largest absolute Gasteiger partial charge is 0.316 e. The molecule has 320 valence electrons. The molecule has 13 rings (SSSR count). The number of hydrogen-bond acceptors (Lipinski definition) is 7. The number of hydrogen-bond donors (Lipinski definition) is 0. The van der Waals surface area contributed by atoms with E-state index in [1.807, 2.05) is 84.9 Å². The average molecular weight is 873 g/mol. The lowest BCUT2D eigenvalue weighted by Crippen LogP contribution is -2.29. The maximum absolute atomic E-state index is 5.47. The van der Waals surface area contributed by atoms with E-state index in [-0.39, 0.29) is 12.0 Å². The van der Waals surface area contributed by atoms with Crippen molar-refractivity contribution in [3.63, 3.8) is 0 Å². The van der Waals surface area contributed by atoms with Gasteiger partial charge in [-0.1, -0.05) is 188 Å². The molecule has 6 aromatic carbocycles. The topological polar surface area (TPSA) is 85.5 Å². The zero-order valence-corrected chi connectivity index (χ0v) is 36.7. The Morgan fingerprint density at radius 1 is 0.353 bits per heavy atom. The lowest BCUT2D eigenvalue weighted by molar-refractivity contribution is 0.738. The molecule has 0 amide bonds. The summed E-state index contributed by atoms with van der Waals surface area (Å²) in [7, 11) is 0. The fourth-order valence-corrected chi connectivity index (χ4v) is 9.87. The average Bonchev–Trinajstić information content (AvgIpc) is 3.95. The molecule has 5 aromatic heterocycles. The molecule has 8 heteroatoms. The normalized spacial score (nSPS) is 14.9. The highest BCUT2D eigenvalue weighted by atomic mass is 15.3. The molecule has 8 nitrogen and oxygen atoms in total. The molecule has 0 spiro atoms. The molecule has 68 heavy (non-hydrogen) atoms. The van der Waals surface area contributed by atoms with Crippen LogP contribution in [0.4, 0.5) is 11.5 Å². The Labute approximate surface area is 393 Å². The highest BCUT2D eigenvalue weighted by Crippen LogP contribution is 2.52. The molecule has 11 aromatic rings. The number of aromatic nitrogens is 7. The van der Waals surface area contributed by atoms with Crippen LogP contribution >= 0.6 is 0 Å². The van der Waals surface area contributed by atoms with Gasteiger partial charge in [0.15, 0.2) is 11.6 Å². The smallest absolute Gasteiger partial charge is 0.179 e. The zero-order chi connectivity index (χ0) is 45.0. The van der Waals surface area contributed by atoms with Gasteiger partial charge in [-0.2, -0.15) is 0 Å². The number of fused-ring (bicyclic) bond motifs is 7. The van der Waals surface area contributed by atoms with E-state index in [9.17, 15) is 0 Å². The third-order valence-corrected chi connectivity index (χ3v) is 13.0. The zero-order valence-electron chi connectivity index (χ0n) is 36.7. The second-order valence-corrected chi connectivity index (χ2v) is 17.1. The quantitative estimate of drug-likeness (QED) is 0.150. The van der Waals surface area contributed by atoms with E-state index in [1.54, 1.807) is 0 Å². The minimum atomic E-state index is -0.0314. The lowest BCUT2D eigenvalue weighted by atomic mass is 9.91. The number of allylic oxidation sites excluding steroid dienone is 2. The monoisotopic (exact) mass is 872 g/mol. The van der Waals surface area contributed by atoms with Crippen LogP contribution in [0.25, 0.3) is 95.7 Å². The van der Waals surface area contributed by atoms with Crippen LogP contribution in [-0.2, 0) is 0 Å². The predicted octanol–water partition coefficient (Wildman–Crippen LogP) is 13.9. The summed E-state index contributed by atoms with van der Waals surface area (Å²) in [6.07, 6.45) is 8.90. The molecule has 0 bridgehead atoms. The van der Waals surface area contributed by atoms with E-state index in [1.165, 1.54) is 5.56 Å². The first kappa shape index (κ1) is 39.2. The molecular formula is C60H40N8. The Hall–Kier alpha value is -9.14. The second-order valence-electron chi connectivity index (χ2n) is 17.1. The standard InChI is InChI=1S/C60H40N8/c1-5-19-39(20-6-1)49-37-50(40-21-7-2-8-22-40)64-59(63-49)47-29-17-33-55(61-47)67-53-31-15-13-27-43(53)45-35-36-46-44-28-14-16-32-54(44)68(58(46)57(45)67)56-34-18-30-48(62-56)60-65-51(41-23-9-3-10-24-41)38-52(66-60)42-25-11-4-12-26-42/h1-38,43,53H. The van der Waals surface area contributed by atoms with E-state index in [0.717, 1.165) is 84.2 Å². The lowest BCUT2D eigenvalue weighted by Gasteiger charge is -2.28. The van der Waals surface area contributed by atoms with Crippen molar-refractivity contribution in [3.8, 4) is 73.9 Å². The number of benzene rings is 6. The molecule has 0 fully saturated rings. The minimum absolute atomic E-state index is 0.0314. The van der Waals surface area contributed by atoms with Gasteiger partial charge in [-0.3, -0.25) is 4.57 Å². The van der Waals surface area contributed by atoms with Crippen molar-refractivity contribution >= 4 is 33.3 Å². The van der Waals surface area contributed by atoms with Crippen LogP contribution in [0.1, 0.15) is 11.5 Å². The van der Waals surface area contributed by atoms with Crippen molar-refractivity contribution in [1.29, 1.82) is 0 Å². The Morgan fingerprint density at radius 3 is 1.37 bits per heavy atom. The fraction of sp³-hybridized carbons (Fsp3) is 0.0333. The van der Waals surface area contributed by atoms with E-state index in [2.05, 4.69) is 155 Å². The minimum Gasteiger partial charge on any atom is -0.316 e. The van der Waals surface area contributed by atoms with E-state index >= 15 is 0 Å². The first-order chi connectivity index (χ1) is 33.7. The van der Waals surface area contributed by atoms with E-state index in [4.69, 9.17) is 29.9 Å². The number of para-hydroxylation sites is 1. The van der Waals surface area contributed by atoms with Crippen molar-refractivity contribution in [2.45, 2.75) is 12.0 Å². The molecule has 6 heterocycles. The van der Waals surface area contributed by atoms with Crippen molar-refractivity contribution in [2.24, 2.45) is 0 Å². The Kier molecular flexibility index (Phi) is 9.45. The van der Waals surface area contributed by atoms with Gasteiger partial charge in [0.25, 0.3) is 0 Å². The first-order valence-electron chi connectivity index (χ1n) is 22.9. The van der Waals surface area contributed by atoms with E-state index in [0.29, 0.717) is 23.0 Å². The predicted molar refractivity (Wildman–Crippen MR) is 274 cm³/mol. The summed E-state index contributed by atoms with van der Waals surface area (Å²) in [5, 5.41) is 2.26. The Morgan fingerprint density at radius 2 is 0.824 bits per heavy atom. The van der Waals surface area contributed by atoms with Crippen LogP contribution in [0.15, 0.2) is 231 Å². The number of anilines is 2. The molecule has 1 aliphatic carbocycles. The molecule has 2 aliphatic rings. The van der Waals surface area contributed by atoms with Crippen LogP contribution in [0.3, 0.4) is 0 Å². The second kappa shape index (κ2) is 16.4. The molecule has 2 unspecified atom stereocenters. The molecule has 0 radical (unpaired) electrons. The molecular weight excluding hydrogens is 833 g/mol. The van der Waals surface area contributed by atoms with Crippen LogP contribution in [-0.4, -0.2) is 40.5 Å². The van der Waals surface area contributed by atoms with Crippen molar-refractivity contribution < 1.29 is 0 Å². The van der Waals surface area contributed by atoms with Crippen LogP contribution < -0.4 is 4.90 Å². The van der Waals surface area contributed by atoms with Gasteiger partial charge >= 0.3 is 0 Å². The van der Waals surface area contributed by atoms with Gasteiger partial charge in [-0.05, 0) is 48.0 Å². The Balaban J connectivity index is 0.998. The summed E-state index contributed by atoms with van der Waals surface area (Å²) in [6, 6.07) is 70.6. The van der Waals surface area contributed by atoms with E-state index < -0.39 is 0 Å². The molecule has 0 N–H and O–H groups in total. The summed E-state index contributed by atoms with van der Waals surface area (Å²) in [6.45, 7) is 0. The molecule has 2 atom stereocenters. The van der Waals surface area contributed by atoms with Gasteiger partial charge in [0, 0.05) is 38.9 Å². The third-order valence-electron chi connectivity index (χ3n) is 13.0. The summed E-state index contributed by atoms with van der Waals surface area (Å²) in [5.41, 5.74) is 13.1. The molecule has 0 saturated heterocycles.